The third kappa shape index (κ3) is 4.80. The number of nitrogens with one attached hydrogen (secondary N) is 1. The Morgan fingerprint density at radius 2 is 1.69 bits per heavy atom. The molecule has 1 atom stereocenters. The van der Waals surface area contributed by atoms with Crippen LogP contribution < -0.4 is 5.32 Å². The first-order valence-corrected chi connectivity index (χ1v) is 11.6. The average molecular weight is 422 g/mol. The summed E-state index contributed by atoms with van der Waals surface area (Å²) < 4.78 is 27.1. The van der Waals surface area contributed by atoms with Gasteiger partial charge in [-0.25, -0.2) is 8.42 Å². The molecule has 1 aromatic rings. The normalized spacial score (nSPS) is 22.1. The minimum Gasteiger partial charge on any atom is -0.337 e. The summed E-state index contributed by atoms with van der Waals surface area (Å²) >= 11 is 0. The molecule has 8 heteroatoms. The highest BCUT2D eigenvalue weighted by atomic mass is 32.2. The molecular weight excluding hydrogens is 390 g/mol. The van der Waals surface area contributed by atoms with Crippen LogP contribution in [0.25, 0.3) is 0 Å². The second kappa shape index (κ2) is 8.07. The summed E-state index contributed by atoms with van der Waals surface area (Å²) in [6.45, 7) is 9.48. The SMILES string of the molecule is CC1CCN(S(=O)(=O)c2ccc(NC(=O)C3CC(=O)N(C(C)(C)C)C3)cc2)CC1. The van der Waals surface area contributed by atoms with Crippen LogP contribution >= 0.6 is 0 Å². The lowest BCUT2D eigenvalue weighted by molar-refractivity contribution is -0.131. The molecule has 1 N–H and O–H groups in total. The number of hydrogen-bond acceptors (Lipinski definition) is 4. The van der Waals surface area contributed by atoms with Crippen molar-refractivity contribution in [3.05, 3.63) is 24.3 Å². The lowest BCUT2D eigenvalue weighted by Gasteiger charge is -2.31. The number of nitrogens with zero attached hydrogens (tertiary/aromatic N) is 2. The van der Waals surface area contributed by atoms with Crippen LogP contribution in [0.1, 0.15) is 47.0 Å². The number of benzene rings is 1. The second-order valence-corrected chi connectivity index (χ2v) is 11.1. The molecule has 2 aliphatic rings. The van der Waals surface area contributed by atoms with E-state index in [1.807, 2.05) is 20.8 Å². The monoisotopic (exact) mass is 421 g/mol. The zero-order valence-electron chi connectivity index (χ0n) is 17.6. The molecule has 160 valence electrons. The Kier molecular flexibility index (Phi) is 6.06. The molecule has 0 bridgehead atoms. The van der Waals surface area contributed by atoms with E-state index in [-0.39, 0.29) is 28.7 Å². The van der Waals surface area contributed by atoms with Crippen LogP contribution in [0, 0.1) is 11.8 Å². The van der Waals surface area contributed by atoms with E-state index in [1.165, 1.54) is 16.4 Å². The van der Waals surface area contributed by atoms with E-state index in [2.05, 4.69) is 12.2 Å². The predicted molar refractivity (Wildman–Crippen MR) is 112 cm³/mol. The molecule has 2 aliphatic heterocycles. The van der Waals surface area contributed by atoms with E-state index in [0.717, 1.165) is 12.8 Å². The van der Waals surface area contributed by atoms with Crippen molar-refractivity contribution in [3.63, 3.8) is 0 Å². The van der Waals surface area contributed by atoms with Crippen LogP contribution in [0.3, 0.4) is 0 Å². The number of rotatable bonds is 4. The summed E-state index contributed by atoms with van der Waals surface area (Å²) in [6, 6.07) is 6.28. The molecular formula is C21H31N3O4S. The average Bonchev–Trinajstić information content (AvgIpc) is 3.05. The van der Waals surface area contributed by atoms with E-state index in [4.69, 9.17) is 0 Å². The number of hydrogen-bond donors (Lipinski definition) is 1. The molecule has 3 rings (SSSR count). The van der Waals surface area contributed by atoms with Gasteiger partial charge < -0.3 is 10.2 Å². The summed E-state index contributed by atoms with van der Waals surface area (Å²) in [5.41, 5.74) is 0.219. The first-order chi connectivity index (χ1) is 13.5. The Bertz CT molecular complexity index is 866. The molecule has 2 heterocycles. The largest absolute Gasteiger partial charge is 0.337 e. The van der Waals surface area contributed by atoms with Gasteiger partial charge in [0, 0.05) is 37.3 Å². The van der Waals surface area contributed by atoms with Gasteiger partial charge >= 0.3 is 0 Å². The molecule has 0 aromatic heterocycles. The highest BCUT2D eigenvalue weighted by Gasteiger charge is 2.39. The maximum absolute atomic E-state index is 12.8. The molecule has 2 amide bonds. The van der Waals surface area contributed by atoms with Crippen molar-refractivity contribution in [3.8, 4) is 0 Å². The van der Waals surface area contributed by atoms with Crippen molar-refractivity contribution >= 4 is 27.5 Å². The van der Waals surface area contributed by atoms with Gasteiger partial charge in [0.1, 0.15) is 0 Å². The van der Waals surface area contributed by atoms with Gasteiger partial charge in [0.25, 0.3) is 0 Å². The molecule has 2 fully saturated rings. The van der Waals surface area contributed by atoms with E-state index in [9.17, 15) is 18.0 Å². The zero-order valence-corrected chi connectivity index (χ0v) is 18.5. The van der Waals surface area contributed by atoms with E-state index in [1.54, 1.807) is 17.0 Å². The van der Waals surface area contributed by atoms with Crippen molar-refractivity contribution in [1.82, 2.24) is 9.21 Å². The van der Waals surface area contributed by atoms with Gasteiger partial charge in [-0.2, -0.15) is 4.31 Å². The summed E-state index contributed by atoms with van der Waals surface area (Å²) in [5.74, 6) is -0.0862. The van der Waals surface area contributed by atoms with Crippen molar-refractivity contribution in [2.75, 3.05) is 25.0 Å². The molecule has 29 heavy (non-hydrogen) atoms. The fourth-order valence-corrected chi connectivity index (χ4v) is 5.33. The van der Waals surface area contributed by atoms with Crippen LogP contribution in [0.5, 0.6) is 0 Å². The van der Waals surface area contributed by atoms with Gasteiger partial charge in [-0.1, -0.05) is 6.92 Å². The third-order valence-electron chi connectivity index (χ3n) is 5.81. The maximum Gasteiger partial charge on any atom is 0.243 e. The highest BCUT2D eigenvalue weighted by molar-refractivity contribution is 7.89. The molecule has 7 nitrogen and oxygen atoms in total. The lowest BCUT2D eigenvalue weighted by Crippen LogP contribution is -2.42. The Balaban J connectivity index is 1.64. The fraction of sp³-hybridized carbons (Fsp3) is 0.619. The zero-order chi connectivity index (χ0) is 21.4. The van der Waals surface area contributed by atoms with Gasteiger partial charge in [0.2, 0.25) is 21.8 Å². The van der Waals surface area contributed by atoms with Crippen LogP contribution in [-0.2, 0) is 19.6 Å². The number of carbonyl (C=O) groups excluding carboxylic acids is 2. The first-order valence-electron chi connectivity index (χ1n) is 10.2. The Hall–Kier alpha value is -1.93. The summed E-state index contributed by atoms with van der Waals surface area (Å²) in [5, 5.41) is 2.81. The Morgan fingerprint density at radius 1 is 1.10 bits per heavy atom. The summed E-state index contributed by atoms with van der Waals surface area (Å²) in [7, 11) is -3.51. The van der Waals surface area contributed by atoms with Crippen LogP contribution in [0.2, 0.25) is 0 Å². The quantitative estimate of drug-likeness (QED) is 0.810. The minimum atomic E-state index is -3.51. The molecule has 2 saturated heterocycles. The Morgan fingerprint density at radius 3 is 2.21 bits per heavy atom. The third-order valence-corrected chi connectivity index (χ3v) is 7.72. The molecule has 0 spiro atoms. The number of sulfonamides is 1. The van der Waals surface area contributed by atoms with Gasteiger partial charge in [0.15, 0.2) is 0 Å². The number of piperidine rings is 1. The maximum atomic E-state index is 12.8. The van der Waals surface area contributed by atoms with Crippen molar-refractivity contribution in [2.24, 2.45) is 11.8 Å². The topological polar surface area (TPSA) is 86.8 Å². The first kappa shape index (κ1) is 21.8. The van der Waals surface area contributed by atoms with Gasteiger partial charge in [-0.15, -0.1) is 0 Å². The van der Waals surface area contributed by atoms with Crippen LogP contribution in [0.4, 0.5) is 5.69 Å². The molecule has 1 unspecified atom stereocenters. The van der Waals surface area contributed by atoms with E-state index < -0.39 is 15.9 Å². The van der Waals surface area contributed by atoms with E-state index >= 15 is 0 Å². The summed E-state index contributed by atoms with van der Waals surface area (Å²) in [6.07, 6.45) is 1.95. The number of amides is 2. The van der Waals surface area contributed by atoms with Gasteiger partial charge in [-0.05, 0) is 63.8 Å². The molecule has 0 saturated carbocycles. The fourth-order valence-electron chi connectivity index (χ4n) is 3.86. The Labute approximate surface area is 173 Å². The lowest BCUT2D eigenvalue weighted by atomic mass is 10.0. The van der Waals surface area contributed by atoms with E-state index in [0.29, 0.717) is 31.2 Å². The predicted octanol–water partition coefficient (Wildman–Crippen LogP) is 2.69. The highest BCUT2D eigenvalue weighted by Crippen LogP contribution is 2.28. The molecule has 0 aliphatic carbocycles. The van der Waals surface area contributed by atoms with Gasteiger partial charge in [-0.3, -0.25) is 9.59 Å². The minimum absolute atomic E-state index is 0.0186. The van der Waals surface area contributed by atoms with Crippen LogP contribution in [-0.4, -0.2) is 54.6 Å². The summed E-state index contributed by atoms with van der Waals surface area (Å²) in [4.78, 5) is 26.7. The van der Waals surface area contributed by atoms with Crippen LogP contribution in [0.15, 0.2) is 29.2 Å². The van der Waals surface area contributed by atoms with Crippen molar-refractivity contribution in [2.45, 2.75) is 57.4 Å². The second-order valence-electron chi connectivity index (χ2n) is 9.18. The standard InChI is InChI=1S/C21H31N3O4S/c1-15-9-11-23(12-10-15)29(27,28)18-7-5-17(6-8-18)22-20(26)16-13-19(25)24(14-16)21(2,3)4/h5-8,15-16H,9-14H2,1-4H3,(H,22,26). The van der Waals surface area contributed by atoms with Crippen molar-refractivity contribution < 1.29 is 18.0 Å². The molecule has 0 radical (unpaired) electrons. The van der Waals surface area contributed by atoms with Gasteiger partial charge in [0.05, 0.1) is 10.8 Å². The smallest absolute Gasteiger partial charge is 0.243 e. The number of anilines is 1. The van der Waals surface area contributed by atoms with Crippen molar-refractivity contribution in [1.29, 1.82) is 0 Å². The molecule has 1 aromatic carbocycles. The number of carbonyl (C=O) groups is 2. The number of likely N-dealkylation sites (tertiary alicyclic amines) is 1.